The summed E-state index contributed by atoms with van der Waals surface area (Å²) in [6, 6.07) is -0.392. The predicted octanol–water partition coefficient (Wildman–Crippen LogP) is 1.67. The lowest BCUT2D eigenvalue weighted by Crippen LogP contribution is -2.62. The molecule has 1 saturated heterocycles. The van der Waals surface area contributed by atoms with E-state index in [0.717, 1.165) is 5.70 Å². The Labute approximate surface area is 186 Å². The quantitative estimate of drug-likeness (QED) is 0.432. The molecule has 4 atom stereocenters. The molecule has 2 aliphatic carbocycles. The number of allylic oxidation sites excluding steroid dienone is 4. The number of hydrogen-bond donors (Lipinski definition) is 3. The fourth-order valence-electron chi connectivity index (χ4n) is 5.16. The molecule has 0 aromatic rings. The topological polar surface area (TPSA) is 125 Å². The number of nitrogens with zero attached hydrogens (tertiary/aromatic N) is 1. The smallest absolute Gasteiger partial charge is 0.237 e. The maximum atomic E-state index is 13.4. The Morgan fingerprint density at radius 3 is 2.34 bits per heavy atom. The second kappa shape index (κ2) is 8.61. The van der Waals surface area contributed by atoms with Crippen LogP contribution in [0.15, 0.2) is 34.1 Å². The Bertz CT molecular complexity index is 934. The Morgan fingerprint density at radius 2 is 1.75 bits per heavy atom. The molecule has 0 aromatic heterocycles. The van der Waals surface area contributed by atoms with Gasteiger partial charge in [-0.2, -0.15) is 0 Å². The Balaban J connectivity index is 1.74. The molecule has 0 bridgehead atoms. The molecule has 0 radical (unpaired) electrons. The van der Waals surface area contributed by atoms with Gasteiger partial charge in [0.2, 0.25) is 5.91 Å². The van der Waals surface area contributed by atoms with Crippen LogP contribution in [0.25, 0.3) is 0 Å². The van der Waals surface area contributed by atoms with Gasteiger partial charge < -0.3 is 29.9 Å². The van der Waals surface area contributed by atoms with Gasteiger partial charge in [-0.1, -0.05) is 0 Å². The zero-order chi connectivity index (χ0) is 23.2. The third-order valence-corrected chi connectivity index (χ3v) is 6.78. The van der Waals surface area contributed by atoms with Crippen molar-refractivity contribution in [2.75, 3.05) is 26.3 Å². The van der Waals surface area contributed by atoms with Crippen molar-refractivity contribution in [2.24, 2.45) is 11.8 Å². The first kappa shape index (κ1) is 22.4. The summed E-state index contributed by atoms with van der Waals surface area (Å²) in [6.45, 7) is 5.99. The zero-order valence-corrected chi connectivity index (χ0v) is 18.6. The number of carbonyl (C=O) groups excluding carboxylic acids is 3. The summed E-state index contributed by atoms with van der Waals surface area (Å²) in [7, 11) is 0. The molecule has 2 aliphatic heterocycles. The number of Topliss-reactive ketones (excluding diaryl/α,β-unsaturated/α-hetero) is 2. The summed E-state index contributed by atoms with van der Waals surface area (Å²) >= 11 is 0. The van der Waals surface area contributed by atoms with E-state index in [9.17, 15) is 24.6 Å². The molecule has 2 heterocycles. The molecule has 4 unspecified atom stereocenters. The van der Waals surface area contributed by atoms with Crippen LogP contribution in [-0.2, 0) is 23.9 Å². The van der Waals surface area contributed by atoms with Gasteiger partial charge >= 0.3 is 0 Å². The second-order valence-corrected chi connectivity index (χ2v) is 8.88. The van der Waals surface area contributed by atoms with Crippen molar-refractivity contribution >= 4 is 17.5 Å². The number of ether oxygens (including phenoxy) is 2. The van der Waals surface area contributed by atoms with Crippen LogP contribution in [0.4, 0.5) is 0 Å². The normalized spacial score (nSPS) is 33.5. The number of nitrogens with one attached hydrogen (secondary N) is 1. The van der Waals surface area contributed by atoms with E-state index in [1.807, 2.05) is 0 Å². The largest absolute Gasteiger partial charge is 0.512 e. The Kier molecular flexibility index (Phi) is 6.03. The average molecular weight is 447 g/mol. The van der Waals surface area contributed by atoms with Crippen LogP contribution in [0, 0.1) is 11.8 Å². The van der Waals surface area contributed by atoms with Gasteiger partial charge in [0.15, 0.2) is 5.78 Å². The highest BCUT2D eigenvalue weighted by Crippen LogP contribution is 2.43. The van der Waals surface area contributed by atoms with E-state index in [0.29, 0.717) is 56.1 Å². The number of hydrogen-bond acceptors (Lipinski definition) is 8. The van der Waals surface area contributed by atoms with E-state index in [1.54, 1.807) is 11.8 Å². The summed E-state index contributed by atoms with van der Waals surface area (Å²) in [4.78, 5) is 40.6. The van der Waals surface area contributed by atoms with E-state index < -0.39 is 29.8 Å². The minimum Gasteiger partial charge on any atom is -0.512 e. The van der Waals surface area contributed by atoms with E-state index in [-0.39, 0.29) is 29.6 Å². The molecular weight excluding hydrogens is 416 g/mol. The van der Waals surface area contributed by atoms with Crippen molar-refractivity contribution < 1.29 is 34.1 Å². The molecule has 0 aromatic carbocycles. The fraction of sp³-hybridized carbons (Fsp3) is 0.609. The number of fused-ring (bicyclic) bond motifs is 1. The molecule has 4 aliphatic rings. The first-order chi connectivity index (χ1) is 15.2. The minimum absolute atomic E-state index is 0.0133. The number of carbonyl (C=O) groups is 3. The molecule has 32 heavy (non-hydrogen) atoms. The van der Waals surface area contributed by atoms with Gasteiger partial charge in [0, 0.05) is 18.7 Å². The van der Waals surface area contributed by atoms with Gasteiger partial charge in [-0.3, -0.25) is 14.4 Å². The molecule has 1 saturated carbocycles. The van der Waals surface area contributed by atoms with Crippen molar-refractivity contribution in [3.63, 3.8) is 0 Å². The predicted molar refractivity (Wildman–Crippen MR) is 113 cm³/mol. The maximum absolute atomic E-state index is 13.4. The van der Waals surface area contributed by atoms with Crippen molar-refractivity contribution in [2.45, 2.75) is 52.2 Å². The molecule has 9 heteroatoms. The molecule has 3 N–H and O–H groups in total. The second-order valence-electron chi connectivity index (χ2n) is 8.88. The number of aliphatic hydroxyl groups is 2. The molecule has 1 amide bonds. The van der Waals surface area contributed by atoms with Crippen LogP contribution >= 0.6 is 0 Å². The fourth-order valence-corrected chi connectivity index (χ4v) is 5.16. The highest BCUT2D eigenvalue weighted by atomic mass is 16.5. The third-order valence-electron chi connectivity index (χ3n) is 6.78. The van der Waals surface area contributed by atoms with Crippen molar-refractivity contribution in [3.8, 4) is 0 Å². The number of amides is 1. The van der Waals surface area contributed by atoms with Crippen molar-refractivity contribution in [1.82, 2.24) is 10.2 Å². The lowest BCUT2D eigenvalue weighted by atomic mass is 9.72. The Morgan fingerprint density at radius 1 is 1.06 bits per heavy atom. The molecular formula is C23H30N2O7. The first-order valence-electron chi connectivity index (χ1n) is 11.1. The number of rotatable bonds is 2. The van der Waals surface area contributed by atoms with E-state index >= 15 is 0 Å². The van der Waals surface area contributed by atoms with Crippen LogP contribution in [0.2, 0.25) is 0 Å². The summed E-state index contributed by atoms with van der Waals surface area (Å²) < 4.78 is 11.6. The molecule has 2 fully saturated rings. The van der Waals surface area contributed by atoms with E-state index in [4.69, 9.17) is 9.47 Å². The summed E-state index contributed by atoms with van der Waals surface area (Å²) in [5, 5.41) is 23.9. The van der Waals surface area contributed by atoms with Crippen LogP contribution in [0.5, 0.6) is 0 Å². The Hall–Kier alpha value is -2.81. The van der Waals surface area contributed by atoms with E-state index in [1.165, 1.54) is 13.8 Å². The standard InChI is InChI=1S/C23H30N2O7/c1-11(26)14-4-5-16-21(18(14)13(3)28)32-22-17(24-16)10-15(12(2)27)20(29)19(22)23(30)25-6-8-31-9-7-25/h15,17,19,22,24,26,28H,4-10H2,1-3H3. The van der Waals surface area contributed by atoms with Crippen molar-refractivity contribution in [3.05, 3.63) is 34.1 Å². The molecule has 174 valence electrons. The summed E-state index contributed by atoms with van der Waals surface area (Å²) in [5.74, 6) is -2.60. The monoisotopic (exact) mass is 446 g/mol. The lowest BCUT2D eigenvalue weighted by Gasteiger charge is -2.46. The van der Waals surface area contributed by atoms with Gasteiger partial charge in [-0.25, -0.2) is 0 Å². The summed E-state index contributed by atoms with van der Waals surface area (Å²) in [6.07, 6.45) is 0.484. The SMILES string of the molecule is CC(=O)C1CC2NC3=C(OC2C(C(=O)N2CCOCC2)C1=O)C(=C(C)O)C(=C(C)O)CC3. The maximum Gasteiger partial charge on any atom is 0.237 e. The average Bonchev–Trinajstić information content (AvgIpc) is 2.76. The summed E-state index contributed by atoms with van der Waals surface area (Å²) in [5.41, 5.74) is 1.70. The van der Waals surface area contributed by atoms with Crippen LogP contribution in [0.1, 0.15) is 40.0 Å². The van der Waals surface area contributed by atoms with Crippen molar-refractivity contribution in [1.29, 1.82) is 0 Å². The lowest BCUT2D eigenvalue weighted by molar-refractivity contribution is -0.158. The number of ketones is 2. The molecule has 0 spiro atoms. The molecule has 9 nitrogen and oxygen atoms in total. The van der Waals surface area contributed by atoms with Gasteiger partial charge in [-0.15, -0.1) is 0 Å². The highest BCUT2D eigenvalue weighted by Gasteiger charge is 2.54. The third kappa shape index (κ3) is 3.79. The first-order valence-corrected chi connectivity index (χ1v) is 11.1. The van der Waals surface area contributed by atoms with Gasteiger partial charge in [-0.05, 0) is 40.0 Å². The highest BCUT2D eigenvalue weighted by molar-refractivity contribution is 6.12. The van der Waals surface area contributed by atoms with Gasteiger partial charge in [0.25, 0.3) is 0 Å². The minimum atomic E-state index is -1.13. The van der Waals surface area contributed by atoms with Gasteiger partial charge in [0.05, 0.1) is 42.2 Å². The number of morpholine rings is 1. The van der Waals surface area contributed by atoms with Crippen LogP contribution in [-0.4, -0.2) is 71.0 Å². The zero-order valence-electron chi connectivity index (χ0n) is 18.6. The van der Waals surface area contributed by atoms with Crippen LogP contribution < -0.4 is 5.32 Å². The molecule has 4 rings (SSSR count). The number of aliphatic hydroxyl groups excluding tert-OH is 2. The van der Waals surface area contributed by atoms with Crippen LogP contribution in [0.3, 0.4) is 0 Å². The van der Waals surface area contributed by atoms with E-state index in [2.05, 4.69) is 5.32 Å². The van der Waals surface area contributed by atoms with Gasteiger partial charge in [0.1, 0.15) is 29.3 Å².